The van der Waals surface area contributed by atoms with Crippen LogP contribution < -0.4 is 0 Å². The van der Waals surface area contributed by atoms with Crippen LogP contribution in [-0.4, -0.2) is 75.1 Å². The van der Waals surface area contributed by atoms with Gasteiger partial charge in [-0.05, 0) is 72.9 Å². The Kier molecular flexibility index (Phi) is 24.0. The molecule has 0 aliphatic rings. The third-order valence-electron chi connectivity index (χ3n) is 7.08. The van der Waals surface area contributed by atoms with Gasteiger partial charge in [0.05, 0.1) is 0 Å². The van der Waals surface area contributed by atoms with Crippen LogP contribution in [-0.2, 0) is 26.6 Å². The van der Waals surface area contributed by atoms with E-state index < -0.39 is 24.0 Å². The summed E-state index contributed by atoms with van der Waals surface area (Å²) in [5.41, 5.74) is 0.117. The van der Waals surface area contributed by atoms with Crippen molar-refractivity contribution < 1.29 is 26.6 Å². The zero-order chi connectivity index (χ0) is 32.9. The number of hydrogen-bond donors (Lipinski definition) is 0. The lowest BCUT2D eigenvalue weighted by Gasteiger charge is -2.40. The van der Waals surface area contributed by atoms with Gasteiger partial charge in [0.25, 0.3) is 0 Å². The zero-order valence-corrected chi connectivity index (χ0v) is 35.1. The van der Waals surface area contributed by atoms with E-state index in [9.17, 15) is 0 Å². The molecule has 260 valence electrons. The lowest BCUT2D eigenvalue weighted by atomic mass is 10.00. The topological polar surface area (TPSA) is 55.4 Å². The number of hydrogen-bond acceptors (Lipinski definition) is 8. The molecule has 0 spiro atoms. The monoisotopic (exact) mass is 700 g/mol. The summed E-state index contributed by atoms with van der Waals surface area (Å²) in [6.07, 6.45) is 4.21. The molecular formula is C32H72O6S2Si3. The largest absolute Gasteiger partial charge is 0.501 e. The average Bonchev–Trinajstić information content (AvgIpc) is 2.98. The van der Waals surface area contributed by atoms with Gasteiger partial charge in [-0.15, -0.1) is 0 Å². The highest BCUT2D eigenvalue weighted by Gasteiger charge is 2.49. The molecule has 0 atom stereocenters. The number of rotatable bonds is 30. The van der Waals surface area contributed by atoms with Crippen LogP contribution in [0.2, 0.25) is 24.2 Å². The molecule has 0 rings (SSSR count). The van der Waals surface area contributed by atoms with Gasteiger partial charge < -0.3 is 26.6 Å². The maximum Gasteiger partial charge on any atom is 0.501 e. The minimum atomic E-state index is -2.76. The highest BCUT2D eigenvalue weighted by atomic mass is 32.6. The zero-order valence-electron chi connectivity index (χ0n) is 30.5. The van der Waals surface area contributed by atoms with E-state index in [4.69, 9.17) is 26.6 Å². The molecule has 0 aliphatic carbocycles. The van der Waals surface area contributed by atoms with Gasteiger partial charge in [0, 0.05) is 51.7 Å². The van der Waals surface area contributed by atoms with Crippen molar-refractivity contribution in [3.05, 3.63) is 0 Å². The van der Waals surface area contributed by atoms with Crippen molar-refractivity contribution in [1.29, 1.82) is 0 Å². The quantitative estimate of drug-likeness (QED) is 0.0687. The molecule has 0 unspecified atom stereocenters. The Morgan fingerprint density at radius 2 is 0.651 bits per heavy atom. The fourth-order valence-corrected chi connectivity index (χ4v) is 23.2. The summed E-state index contributed by atoms with van der Waals surface area (Å²) in [5, 5.41) is 0. The van der Waals surface area contributed by atoms with Gasteiger partial charge in [-0.1, -0.05) is 83.1 Å². The molecule has 0 aromatic rings. The Morgan fingerprint density at radius 1 is 0.419 bits per heavy atom. The summed E-state index contributed by atoms with van der Waals surface area (Å²) in [6, 6.07) is 4.25. The van der Waals surface area contributed by atoms with E-state index >= 15 is 0 Å². The van der Waals surface area contributed by atoms with Crippen LogP contribution in [0.25, 0.3) is 0 Å². The second-order valence-electron chi connectivity index (χ2n) is 13.3. The summed E-state index contributed by atoms with van der Waals surface area (Å²) in [7, 11) is -5.52. The van der Waals surface area contributed by atoms with Crippen LogP contribution in [0, 0.1) is 10.8 Å². The van der Waals surface area contributed by atoms with Crippen molar-refractivity contribution in [2.75, 3.05) is 51.1 Å². The summed E-state index contributed by atoms with van der Waals surface area (Å²) in [5.74, 6) is 2.20. The smallest absolute Gasteiger partial charge is 0.373 e. The molecule has 0 heterocycles. The summed E-state index contributed by atoms with van der Waals surface area (Å²) >= 11 is 4.53. The minimum Gasteiger partial charge on any atom is -0.373 e. The Labute approximate surface area is 279 Å². The Bertz CT molecular complexity index is 588. The van der Waals surface area contributed by atoms with Crippen LogP contribution in [0.15, 0.2) is 0 Å². The molecule has 0 radical (unpaired) electrons. The molecule has 0 aromatic carbocycles. The molecule has 0 N–H and O–H groups in total. The third kappa shape index (κ3) is 18.3. The fraction of sp³-hybridized carbons (Fsp3) is 1.00. The SMILES string of the molecule is CCCO[Si](CC(C)(C)CS[Si](CC)(CC)SCC(C)(C)C[Si](OCCC)(OCCC)OCCC)(OCCC)OCCC. The molecule has 43 heavy (non-hydrogen) atoms. The molecule has 11 heteroatoms. The van der Waals surface area contributed by atoms with Crippen molar-refractivity contribution in [2.45, 2.75) is 146 Å². The van der Waals surface area contributed by atoms with Gasteiger partial charge in [0.1, 0.15) is 0 Å². The predicted octanol–water partition coefficient (Wildman–Crippen LogP) is 10.4. The molecular weight excluding hydrogens is 629 g/mol. The summed E-state index contributed by atoms with van der Waals surface area (Å²) < 4.78 is 38.9. The molecule has 0 aliphatic heterocycles. The lowest BCUT2D eigenvalue weighted by molar-refractivity contribution is 0.0511. The van der Waals surface area contributed by atoms with Gasteiger partial charge >= 0.3 is 17.6 Å². The van der Waals surface area contributed by atoms with Crippen LogP contribution in [0.5, 0.6) is 0 Å². The normalized spacial score (nSPS) is 13.7. The van der Waals surface area contributed by atoms with Crippen molar-refractivity contribution in [3.8, 4) is 0 Å². The van der Waals surface area contributed by atoms with Crippen molar-refractivity contribution in [2.24, 2.45) is 10.8 Å². The average molecular weight is 701 g/mol. The van der Waals surface area contributed by atoms with E-state index in [0.29, 0.717) is 39.6 Å². The van der Waals surface area contributed by atoms with Crippen molar-refractivity contribution in [1.82, 2.24) is 0 Å². The molecule has 6 nitrogen and oxygen atoms in total. The summed E-state index contributed by atoms with van der Waals surface area (Å²) in [4.78, 5) is 0. The standard InChI is InChI=1S/C32H72O6S2Si3/c1-13-21-33-42(34-22-14-2,35-23-15-3)29-31(9,10)27-39-41(19-7,20-8)40-28-32(11,12)30-43(36-24-16-4,37-25-17-5)38-26-18-6/h13-30H2,1-12H3. The molecule has 0 fully saturated rings. The highest BCUT2D eigenvalue weighted by Crippen LogP contribution is 2.47. The molecule has 0 amide bonds. The van der Waals surface area contributed by atoms with Crippen molar-refractivity contribution in [3.63, 3.8) is 0 Å². The van der Waals surface area contributed by atoms with Gasteiger partial charge in [-0.3, -0.25) is 0 Å². The maximum absolute atomic E-state index is 6.49. The first kappa shape index (κ1) is 44.1. The highest BCUT2D eigenvalue weighted by molar-refractivity contribution is 8.58. The van der Waals surface area contributed by atoms with Crippen LogP contribution >= 0.6 is 22.4 Å². The fourth-order valence-electron chi connectivity index (χ4n) is 4.73. The van der Waals surface area contributed by atoms with Gasteiger partial charge in [-0.2, -0.15) is 22.4 Å². The van der Waals surface area contributed by atoms with E-state index in [1.54, 1.807) is 0 Å². The molecule has 0 aromatic heterocycles. The van der Waals surface area contributed by atoms with E-state index in [0.717, 1.165) is 62.1 Å². The van der Waals surface area contributed by atoms with Crippen LogP contribution in [0.3, 0.4) is 0 Å². The Morgan fingerprint density at radius 3 is 0.837 bits per heavy atom. The predicted molar refractivity (Wildman–Crippen MR) is 198 cm³/mol. The second kappa shape index (κ2) is 23.4. The van der Waals surface area contributed by atoms with Gasteiger partial charge in [0.15, 0.2) is 6.37 Å². The molecule has 0 saturated carbocycles. The van der Waals surface area contributed by atoms with E-state index in [1.165, 1.54) is 12.1 Å². The van der Waals surface area contributed by atoms with E-state index in [2.05, 4.69) is 106 Å². The van der Waals surface area contributed by atoms with E-state index in [-0.39, 0.29) is 10.8 Å². The first-order chi connectivity index (χ1) is 20.3. The minimum absolute atomic E-state index is 0.0584. The summed E-state index contributed by atoms with van der Waals surface area (Å²) in [6.45, 7) is 31.6. The lowest BCUT2D eigenvalue weighted by Crippen LogP contribution is -2.50. The first-order valence-corrected chi connectivity index (χ1v) is 27.1. The maximum atomic E-state index is 6.49. The second-order valence-corrected chi connectivity index (χ2v) is 30.1. The molecule has 0 bridgehead atoms. The molecule has 0 saturated heterocycles. The van der Waals surface area contributed by atoms with E-state index in [1.807, 2.05) is 0 Å². The Balaban J connectivity index is 5.77. The van der Waals surface area contributed by atoms with Crippen LogP contribution in [0.4, 0.5) is 0 Å². The van der Waals surface area contributed by atoms with Crippen molar-refractivity contribution >= 4 is 46.4 Å². The van der Waals surface area contributed by atoms with Gasteiger partial charge in [-0.25, -0.2) is 0 Å². The third-order valence-corrected chi connectivity index (χ3v) is 28.4. The van der Waals surface area contributed by atoms with Gasteiger partial charge in [0.2, 0.25) is 0 Å². The Hall–Kier alpha value is 1.11. The van der Waals surface area contributed by atoms with Crippen LogP contribution in [0.1, 0.15) is 122 Å². The first-order valence-electron chi connectivity index (χ1n) is 17.4.